The summed E-state index contributed by atoms with van der Waals surface area (Å²) in [6.45, 7) is 0.304. The van der Waals surface area contributed by atoms with Crippen molar-refractivity contribution in [3.05, 3.63) is 34.9 Å². The van der Waals surface area contributed by atoms with Gasteiger partial charge in [0.2, 0.25) is 5.91 Å². The molecule has 3 rings (SSSR count). The highest BCUT2D eigenvalue weighted by Gasteiger charge is 2.34. The number of ketones is 1. The molecular formula is C19H25NO3. The van der Waals surface area contributed by atoms with Gasteiger partial charge >= 0.3 is 0 Å². The number of amides is 1. The largest absolute Gasteiger partial charge is 0.388 e. The van der Waals surface area contributed by atoms with Gasteiger partial charge in [-0.15, -0.1) is 0 Å². The summed E-state index contributed by atoms with van der Waals surface area (Å²) in [5.41, 5.74) is 2.66. The summed E-state index contributed by atoms with van der Waals surface area (Å²) >= 11 is 0. The van der Waals surface area contributed by atoms with Crippen LogP contribution in [0.4, 0.5) is 0 Å². The van der Waals surface area contributed by atoms with Crippen molar-refractivity contribution >= 4 is 11.7 Å². The van der Waals surface area contributed by atoms with E-state index in [4.69, 9.17) is 0 Å². The van der Waals surface area contributed by atoms with Gasteiger partial charge in [0.15, 0.2) is 5.78 Å². The molecular weight excluding hydrogens is 290 g/mol. The second kappa shape index (κ2) is 6.83. The highest BCUT2D eigenvalue weighted by Crippen LogP contribution is 2.30. The van der Waals surface area contributed by atoms with Crippen molar-refractivity contribution < 1.29 is 14.7 Å². The molecule has 0 radical (unpaired) electrons. The molecule has 2 aliphatic carbocycles. The van der Waals surface area contributed by atoms with Crippen LogP contribution in [0.5, 0.6) is 0 Å². The Bertz CT molecular complexity index is 605. The Kier molecular flexibility index (Phi) is 4.81. The molecule has 0 spiro atoms. The first kappa shape index (κ1) is 16.2. The van der Waals surface area contributed by atoms with Crippen LogP contribution in [0.15, 0.2) is 18.2 Å². The van der Waals surface area contributed by atoms with Crippen LogP contribution >= 0.6 is 0 Å². The predicted octanol–water partition coefficient (Wildman–Crippen LogP) is 2.56. The number of hydrogen-bond acceptors (Lipinski definition) is 3. The Labute approximate surface area is 137 Å². The van der Waals surface area contributed by atoms with Gasteiger partial charge < -0.3 is 10.4 Å². The van der Waals surface area contributed by atoms with E-state index in [-0.39, 0.29) is 24.5 Å². The normalized spacial score (nSPS) is 18.7. The third-order valence-electron chi connectivity index (χ3n) is 5.15. The van der Waals surface area contributed by atoms with Crippen LogP contribution in [0.1, 0.15) is 66.4 Å². The van der Waals surface area contributed by atoms with Crippen LogP contribution < -0.4 is 5.32 Å². The Balaban J connectivity index is 1.48. The third-order valence-corrected chi connectivity index (χ3v) is 5.15. The Morgan fingerprint density at radius 3 is 2.48 bits per heavy atom. The van der Waals surface area contributed by atoms with E-state index < -0.39 is 5.60 Å². The molecule has 0 bridgehead atoms. The van der Waals surface area contributed by atoms with E-state index in [1.165, 1.54) is 24.0 Å². The summed E-state index contributed by atoms with van der Waals surface area (Å²) in [4.78, 5) is 24.1. The van der Waals surface area contributed by atoms with Crippen LogP contribution in [-0.2, 0) is 17.6 Å². The van der Waals surface area contributed by atoms with Crippen molar-refractivity contribution in [2.24, 2.45) is 0 Å². The lowest BCUT2D eigenvalue weighted by Crippen LogP contribution is -2.47. The van der Waals surface area contributed by atoms with Gasteiger partial charge in [-0.2, -0.15) is 0 Å². The molecule has 0 heterocycles. The number of aryl methyl sites for hydroxylation is 2. The maximum absolute atomic E-state index is 12.3. The first-order chi connectivity index (χ1) is 11.1. The van der Waals surface area contributed by atoms with Crippen molar-refractivity contribution in [3.63, 3.8) is 0 Å². The summed E-state index contributed by atoms with van der Waals surface area (Å²) in [7, 11) is 0. The third kappa shape index (κ3) is 3.99. The number of Topliss-reactive ketones (excluding diaryl/α,β-unsaturated/α-hetero) is 1. The van der Waals surface area contributed by atoms with Gasteiger partial charge in [0.05, 0.1) is 5.60 Å². The molecule has 4 nitrogen and oxygen atoms in total. The SMILES string of the molecule is O=C(CCC(=O)c1ccc2c(c1)CCCC2)NCC1(O)CCC1. The number of hydrogen-bond donors (Lipinski definition) is 2. The maximum atomic E-state index is 12.3. The first-order valence-corrected chi connectivity index (χ1v) is 8.70. The average Bonchev–Trinajstić information content (AvgIpc) is 2.55. The van der Waals surface area contributed by atoms with Crippen molar-refractivity contribution in [2.75, 3.05) is 6.54 Å². The Morgan fingerprint density at radius 2 is 1.78 bits per heavy atom. The molecule has 4 heteroatoms. The minimum absolute atomic E-state index is 0.0240. The number of fused-ring (bicyclic) bond motifs is 1. The molecule has 0 atom stereocenters. The number of aliphatic hydroxyl groups is 1. The minimum Gasteiger partial charge on any atom is -0.388 e. The predicted molar refractivity (Wildman–Crippen MR) is 88.5 cm³/mol. The molecule has 0 aromatic heterocycles. The van der Waals surface area contributed by atoms with Crippen molar-refractivity contribution in [1.29, 1.82) is 0 Å². The van der Waals surface area contributed by atoms with E-state index in [2.05, 4.69) is 11.4 Å². The van der Waals surface area contributed by atoms with Gasteiger partial charge in [-0.1, -0.05) is 12.1 Å². The molecule has 1 saturated carbocycles. The van der Waals surface area contributed by atoms with E-state index >= 15 is 0 Å². The summed E-state index contributed by atoms with van der Waals surface area (Å²) in [5.74, 6) is -0.132. The van der Waals surface area contributed by atoms with Gasteiger partial charge in [0.1, 0.15) is 0 Å². The molecule has 1 aromatic carbocycles. The molecule has 0 saturated heterocycles. The van der Waals surface area contributed by atoms with E-state index in [1.54, 1.807) is 0 Å². The topological polar surface area (TPSA) is 66.4 Å². The quantitative estimate of drug-likeness (QED) is 0.793. The number of benzene rings is 1. The van der Waals surface area contributed by atoms with Crippen molar-refractivity contribution in [2.45, 2.75) is 63.4 Å². The van der Waals surface area contributed by atoms with Crippen molar-refractivity contribution in [3.8, 4) is 0 Å². The lowest BCUT2D eigenvalue weighted by atomic mass is 9.80. The zero-order chi connectivity index (χ0) is 16.3. The summed E-state index contributed by atoms with van der Waals surface area (Å²) in [5, 5.41) is 12.7. The van der Waals surface area contributed by atoms with Gasteiger partial charge in [0.25, 0.3) is 0 Å². The zero-order valence-corrected chi connectivity index (χ0v) is 13.6. The fourth-order valence-corrected chi connectivity index (χ4v) is 3.39. The van der Waals surface area contributed by atoms with E-state index in [9.17, 15) is 14.7 Å². The minimum atomic E-state index is -0.710. The monoisotopic (exact) mass is 315 g/mol. The second-order valence-electron chi connectivity index (χ2n) is 6.97. The second-order valence-corrected chi connectivity index (χ2v) is 6.97. The highest BCUT2D eigenvalue weighted by atomic mass is 16.3. The highest BCUT2D eigenvalue weighted by molar-refractivity contribution is 5.98. The number of rotatable bonds is 6. The first-order valence-electron chi connectivity index (χ1n) is 8.70. The summed E-state index contributed by atoms with van der Waals surface area (Å²) in [6, 6.07) is 5.96. The number of nitrogens with one attached hydrogen (secondary N) is 1. The zero-order valence-electron chi connectivity index (χ0n) is 13.6. The molecule has 1 aromatic rings. The standard InChI is InChI=1S/C19H25NO3/c21-17(8-9-18(22)20-13-19(23)10-3-11-19)16-7-6-14-4-1-2-5-15(14)12-16/h6-7,12,23H,1-5,8-11,13H2,(H,20,22). The molecule has 124 valence electrons. The van der Waals surface area contributed by atoms with Crippen LogP contribution in [0.2, 0.25) is 0 Å². The molecule has 1 amide bonds. The molecule has 1 fully saturated rings. The van der Waals surface area contributed by atoms with Crippen LogP contribution in [0.25, 0.3) is 0 Å². The fraction of sp³-hybridized carbons (Fsp3) is 0.579. The van der Waals surface area contributed by atoms with Gasteiger partial charge in [-0.3, -0.25) is 9.59 Å². The average molecular weight is 315 g/mol. The fourth-order valence-electron chi connectivity index (χ4n) is 3.39. The lowest BCUT2D eigenvalue weighted by Gasteiger charge is -2.36. The molecule has 2 aliphatic rings. The van der Waals surface area contributed by atoms with E-state index in [1.807, 2.05) is 12.1 Å². The summed E-state index contributed by atoms with van der Waals surface area (Å²) < 4.78 is 0. The van der Waals surface area contributed by atoms with Gasteiger partial charge in [-0.25, -0.2) is 0 Å². The number of carbonyl (C=O) groups is 2. The Morgan fingerprint density at radius 1 is 1.04 bits per heavy atom. The van der Waals surface area contributed by atoms with E-state index in [0.717, 1.165) is 37.7 Å². The van der Waals surface area contributed by atoms with Crippen molar-refractivity contribution in [1.82, 2.24) is 5.32 Å². The van der Waals surface area contributed by atoms with Crippen LogP contribution in [0.3, 0.4) is 0 Å². The smallest absolute Gasteiger partial charge is 0.220 e. The molecule has 2 N–H and O–H groups in total. The van der Waals surface area contributed by atoms with Gasteiger partial charge in [-0.05, 0) is 62.1 Å². The molecule has 23 heavy (non-hydrogen) atoms. The van der Waals surface area contributed by atoms with Crippen LogP contribution in [-0.4, -0.2) is 28.9 Å². The van der Waals surface area contributed by atoms with Gasteiger partial charge in [0, 0.05) is 24.9 Å². The molecule has 0 aliphatic heterocycles. The summed E-state index contributed by atoms with van der Waals surface area (Å²) in [6.07, 6.45) is 7.51. The Hall–Kier alpha value is -1.68. The molecule has 0 unspecified atom stereocenters. The maximum Gasteiger partial charge on any atom is 0.220 e. The number of carbonyl (C=O) groups excluding carboxylic acids is 2. The lowest BCUT2D eigenvalue weighted by molar-refractivity contribution is -0.123. The van der Waals surface area contributed by atoms with E-state index in [0.29, 0.717) is 6.54 Å². The van der Waals surface area contributed by atoms with Crippen LogP contribution in [0, 0.1) is 0 Å².